The van der Waals surface area contributed by atoms with Gasteiger partial charge in [0.15, 0.2) is 11.6 Å². The second-order valence-electron chi connectivity index (χ2n) is 4.41. The Morgan fingerprint density at radius 1 is 1.10 bits per heavy atom. The van der Waals surface area contributed by atoms with Crippen LogP contribution in [0.5, 0.6) is 11.8 Å². The number of aromatic nitrogens is 3. The summed E-state index contributed by atoms with van der Waals surface area (Å²) in [6.07, 6.45) is 2.18. The van der Waals surface area contributed by atoms with Gasteiger partial charge in [-0.2, -0.15) is 15.0 Å². The molecule has 1 aliphatic rings. The third-order valence-electron chi connectivity index (χ3n) is 3.00. The van der Waals surface area contributed by atoms with Crippen molar-refractivity contribution in [1.29, 1.82) is 0 Å². The maximum Gasteiger partial charge on any atom is 0.328 e. The first-order chi connectivity index (χ1) is 9.72. The second-order valence-corrected chi connectivity index (χ2v) is 4.75. The molecule has 0 atom stereocenters. The Morgan fingerprint density at radius 3 is 2.60 bits per heavy atom. The number of benzene rings is 1. The molecule has 0 spiro atoms. The Balaban J connectivity index is 1.88. The Hall–Kier alpha value is -1.95. The number of hydrogen-bond acceptors (Lipinski definition) is 5. The van der Waals surface area contributed by atoms with Crippen LogP contribution < -0.4 is 9.64 Å². The summed E-state index contributed by atoms with van der Waals surface area (Å²) in [6, 6.07) is 6.06. The number of ether oxygens (including phenoxy) is 1. The standard InChI is InChI=1S/C13H12ClFN4O/c14-11-16-12(19-7-3-4-8-19)18-13(17-11)20-10-6-2-1-5-9(10)15/h1-2,5-6H,3-4,7-8H2. The van der Waals surface area contributed by atoms with Gasteiger partial charge in [0.1, 0.15) is 0 Å². The molecule has 2 heterocycles. The summed E-state index contributed by atoms with van der Waals surface area (Å²) < 4.78 is 18.9. The number of hydrogen-bond donors (Lipinski definition) is 0. The van der Waals surface area contributed by atoms with Crippen LogP contribution in [0.25, 0.3) is 0 Å². The van der Waals surface area contributed by atoms with Gasteiger partial charge in [-0.3, -0.25) is 0 Å². The number of anilines is 1. The Morgan fingerprint density at radius 2 is 1.85 bits per heavy atom. The normalized spacial score (nSPS) is 14.6. The zero-order valence-corrected chi connectivity index (χ0v) is 11.3. The van der Waals surface area contributed by atoms with Crippen LogP contribution in [-0.4, -0.2) is 28.0 Å². The van der Waals surface area contributed by atoms with Crippen molar-refractivity contribution in [1.82, 2.24) is 15.0 Å². The average Bonchev–Trinajstić information content (AvgIpc) is 2.95. The van der Waals surface area contributed by atoms with E-state index >= 15 is 0 Å². The van der Waals surface area contributed by atoms with Gasteiger partial charge < -0.3 is 9.64 Å². The Labute approximate surface area is 120 Å². The molecule has 7 heteroatoms. The lowest BCUT2D eigenvalue weighted by Crippen LogP contribution is -2.21. The molecular weight excluding hydrogens is 283 g/mol. The summed E-state index contributed by atoms with van der Waals surface area (Å²) in [6.45, 7) is 1.75. The van der Waals surface area contributed by atoms with Crippen molar-refractivity contribution in [3.05, 3.63) is 35.4 Å². The molecule has 0 aliphatic carbocycles. The predicted octanol–water partition coefficient (Wildman–Crippen LogP) is 3.06. The number of rotatable bonds is 3. The lowest BCUT2D eigenvalue weighted by molar-refractivity contribution is 0.409. The van der Waals surface area contributed by atoms with E-state index in [1.165, 1.54) is 12.1 Å². The van der Waals surface area contributed by atoms with Crippen LogP contribution >= 0.6 is 11.6 Å². The van der Waals surface area contributed by atoms with E-state index in [0.717, 1.165) is 25.9 Å². The van der Waals surface area contributed by atoms with Crippen molar-refractivity contribution >= 4 is 17.5 Å². The van der Waals surface area contributed by atoms with Crippen LogP contribution in [0, 0.1) is 5.82 Å². The summed E-state index contributed by atoms with van der Waals surface area (Å²) in [7, 11) is 0. The molecule has 0 saturated carbocycles. The SMILES string of the molecule is Fc1ccccc1Oc1nc(Cl)nc(N2CCCC2)n1. The van der Waals surface area contributed by atoms with Gasteiger partial charge in [-0.15, -0.1) is 0 Å². The largest absolute Gasteiger partial charge is 0.421 e. The van der Waals surface area contributed by atoms with Gasteiger partial charge in [-0.1, -0.05) is 12.1 Å². The second kappa shape index (κ2) is 5.58. The van der Waals surface area contributed by atoms with Crippen molar-refractivity contribution in [3.8, 4) is 11.8 Å². The molecule has 1 aromatic heterocycles. The lowest BCUT2D eigenvalue weighted by atomic mass is 10.3. The van der Waals surface area contributed by atoms with Crippen molar-refractivity contribution in [2.75, 3.05) is 18.0 Å². The average molecular weight is 295 g/mol. The third kappa shape index (κ3) is 2.80. The van der Waals surface area contributed by atoms with E-state index in [1.807, 2.05) is 4.90 Å². The fourth-order valence-electron chi connectivity index (χ4n) is 2.05. The summed E-state index contributed by atoms with van der Waals surface area (Å²) >= 11 is 5.87. The quantitative estimate of drug-likeness (QED) is 0.871. The molecule has 0 radical (unpaired) electrons. The molecule has 1 aliphatic heterocycles. The van der Waals surface area contributed by atoms with E-state index in [1.54, 1.807) is 12.1 Å². The van der Waals surface area contributed by atoms with Crippen molar-refractivity contribution < 1.29 is 9.13 Å². The molecule has 1 fully saturated rings. The zero-order chi connectivity index (χ0) is 13.9. The number of nitrogens with zero attached hydrogens (tertiary/aromatic N) is 4. The van der Waals surface area contributed by atoms with E-state index in [-0.39, 0.29) is 17.0 Å². The van der Waals surface area contributed by atoms with Crippen LogP contribution in [0.1, 0.15) is 12.8 Å². The molecule has 0 amide bonds. The molecule has 0 bridgehead atoms. The first-order valence-corrected chi connectivity index (χ1v) is 6.69. The van der Waals surface area contributed by atoms with Crippen LogP contribution in [0.2, 0.25) is 5.28 Å². The van der Waals surface area contributed by atoms with E-state index < -0.39 is 5.82 Å². The molecule has 0 unspecified atom stereocenters. The fourth-order valence-corrected chi connectivity index (χ4v) is 2.20. The summed E-state index contributed by atoms with van der Waals surface area (Å²) in [4.78, 5) is 14.1. The highest BCUT2D eigenvalue weighted by Crippen LogP contribution is 2.24. The highest BCUT2D eigenvalue weighted by Gasteiger charge is 2.18. The van der Waals surface area contributed by atoms with E-state index in [2.05, 4.69) is 15.0 Å². The Kier molecular flexibility index (Phi) is 3.64. The third-order valence-corrected chi connectivity index (χ3v) is 3.17. The molecule has 104 valence electrons. The highest BCUT2D eigenvalue weighted by molar-refractivity contribution is 6.28. The lowest BCUT2D eigenvalue weighted by Gasteiger charge is -2.15. The van der Waals surface area contributed by atoms with Gasteiger partial charge >= 0.3 is 6.01 Å². The van der Waals surface area contributed by atoms with Crippen LogP contribution in [0.15, 0.2) is 24.3 Å². The topological polar surface area (TPSA) is 51.1 Å². The first kappa shape index (κ1) is 13.1. The maximum absolute atomic E-state index is 13.5. The van der Waals surface area contributed by atoms with E-state index in [9.17, 15) is 4.39 Å². The molecule has 3 rings (SSSR count). The monoisotopic (exact) mass is 294 g/mol. The fraction of sp³-hybridized carbons (Fsp3) is 0.308. The molecule has 2 aromatic rings. The van der Waals surface area contributed by atoms with Crippen LogP contribution in [0.4, 0.5) is 10.3 Å². The molecule has 20 heavy (non-hydrogen) atoms. The molecule has 0 N–H and O–H groups in total. The van der Waals surface area contributed by atoms with Gasteiger partial charge in [0.05, 0.1) is 0 Å². The van der Waals surface area contributed by atoms with Gasteiger partial charge in [-0.25, -0.2) is 4.39 Å². The number of para-hydroxylation sites is 1. The maximum atomic E-state index is 13.5. The van der Waals surface area contributed by atoms with Crippen molar-refractivity contribution in [2.24, 2.45) is 0 Å². The summed E-state index contributed by atoms with van der Waals surface area (Å²) in [5, 5.41) is 0.0354. The van der Waals surface area contributed by atoms with Crippen LogP contribution in [0.3, 0.4) is 0 Å². The molecule has 1 saturated heterocycles. The molecule has 5 nitrogen and oxygen atoms in total. The minimum atomic E-state index is -0.480. The summed E-state index contributed by atoms with van der Waals surface area (Å²) in [5.41, 5.74) is 0. The smallest absolute Gasteiger partial charge is 0.328 e. The Bertz CT molecular complexity index is 619. The highest BCUT2D eigenvalue weighted by atomic mass is 35.5. The molecule has 1 aromatic carbocycles. The van der Waals surface area contributed by atoms with Crippen molar-refractivity contribution in [3.63, 3.8) is 0 Å². The van der Waals surface area contributed by atoms with Gasteiger partial charge in [-0.05, 0) is 36.6 Å². The van der Waals surface area contributed by atoms with Gasteiger partial charge in [0.2, 0.25) is 11.2 Å². The van der Waals surface area contributed by atoms with Gasteiger partial charge in [0, 0.05) is 13.1 Å². The van der Waals surface area contributed by atoms with E-state index in [0.29, 0.717) is 5.95 Å². The van der Waals surface area contributed by atoms with Crippen LogP contribution in [-0.2, 0) is 0 Å². The first-order valence-electron chi connectivity index (χ1n) is 6.31. The molecular formula is C13H12ClFN4O. The van der Waals surface area contributed by atoms with E-state index in [4.69, 9.17) is 16.3 Å². The summed E-state index contributed by atoms with van der Waals surface area (Å²) in [5.74, 6) is 0.0442. The minimum absolute atomic E-state index is 0.00278. The minimum Gasteiger partial charge on any atom is -0.421 e. The number of halogens is 2. The van der Waals surface area contributed by atoms with Crippen molar-refractivity contribution in [2.45, 2.75) is 12.8 Å². The zero-order valence-electron chi connectivity index (χ0n) is 10.6. The predicted molar refractivity (Wildman–Crippen MR) is 72.8 cm³/mol. The van der Waals surface area contributed by atoms with Gasteiger partial charge in [0.25, 0.3) is 0 Å².